The third-order valence-corrected chi connectivity index (χ3v) is 7.47. The minimum absolute atomic E-state index is 0.652. The van der Waals surface area contributed by atoms with Gasteiger partial charge >= 0.3 is 11.9 Å². The van der Waals surface area contributed by atoms with E-state index < -0.39 is 22.0 Å². The summed E-state index contributed by atoms with van der Waals surface area (Å²) >= 11 is 0. The van der Waals surface area contributed by atoms with Crippen molar-refractivity contribution in [2.75, 3.05) is 0 Å². The minimum atomic E-state index is -6.09. The van der Waals surface area contributed by atoms with E-state index in [1.165, 1.54) is 49.9 Å². The molecule has 0 N–H and O–H groups in total. The van der Waals surface area contributed by atoms with Crippen molar-refractivity contribution in [2.24, 2.45) is 0 Å². The molecule has 2 fully saturated rings. The molecule has 0 atom stereocenters. The molecular formula is C19H22BF3N2O3S. The number of rotatable bonds is 0. The predicted molar refractivity (Wildman–Crippen MR) is 99.8 cm³/mol. The van der Waals surface area contributed by atoms with Crippen LogP contribution in [0.3, 0.4) is 0 Å². The van der Waals surface area contributed by atoms with Crippen molar-refractivity contribution in [3.05, 3.63) is 48.8 Å². The summed E-state index contributed by atoms with van der Waals surface area (Å²) in [4.78, 5) is 0. The predicted octanol–water partition coefficient (Wildman–Crippen LogP) is 3.24. The maximum Gasteiger partial charge on any atom is 0.553 e. The Morgan fingerprint density at radius 2 is 1.24 bits per heavy atom. The van der Waals surface area contributed by atoms with Gasteiger partial charge in [-0.3, -0.25) is 0 Å². The molecule has 2 aromatic heterocycles. The monoisotopic (exact) mass is 426 g/mol. The summed E-state index contributed by atoms with van der Waals surface area (Å²) in [5, 5.41) is 0. The fourth-order valence-corrected chi connectivity index (χ4v) is 6.05. The Morgan fingerprint density at radius 1 is 0.862 bits per heavy atom. The molecule has 2 bridgehead atoms. The number of hydrogen-bond acceptors (Lipinski definition) is 3. The molecule has 0 unspecified atom stereocenters. The van der Waals surface area contributed by atoms with Gasteiger partial charge in [0, 0.05) is 12.1 Å². The Morgan fingerprint density at radius 3 is 1.59 bits per heavy atom. The van der Waals surface area contributed by atoms with Crippen LogP contribution in [-0.2, 0) is 10.1 Å². The number of hydrogen-bond donors (Lipinski definition) is 0. The zero-order valence-corrected chi connectivity index (χ0v) is 16.6. The number of pyridine rings is 2. The Labute approximate surface area is 167 Å². The maximum absolute atomic E-state index is 10.7. The van der Waals surface area contributed by atoms with E-state index in [1.807, 2.05) is 0 Å². The van der Waals surface area contributed by atoms with E-state index in [4.69, 9.17) is 13.0 Å². The van der Waals surface area contributed by atoms with Gasteiger partial charge in [-0.05, 0) is 35.9 Å². The number of fused-ring (bicyclic) bond motifs is 3. The zero-order valence-electron chi connectivity index (χ0n) is 15.8. The first-order chi connectivity index (χ1) is 13.7. The molecule has 0 radical (unpaired) electrons. The Balaban J connectivity index is 0.000000221. The van der Waals surface area contributed by atoms with Crippen LogP contribution >= 0.6 is 0 Å². The molecule has 5 rings (SSSR count). The Kier molecular flexibility index (Phi) is 4.97. The summed E-state index contributed by atoms with van der Waals surface area (Å²) in [7, 11) is -6.09. The molecule has 0 aliphatic carbocycles. The van der Waals surface area contributed by atoms with Crippen LogP contribution in [0.2, 0.25) is 11.6 Å². The number of halogens is 3. The van der Waals surface area contributed by atoms with Gasteiger partial charge in [0.1, 0.15) is 12.4 Å². The molecule has 29 heavy (non-hydrogen) atoms. The molecule has 0 aromatic carbocycles. The van der Waals surface area contributed by atoms with Crippen LogP contribution < -0.4 is 8.96 Å². The van der Waals surface area contributed by atoms with Gasteiger partial charge in [0.05, 0.1) is 0 Å². The van der Waals surface area contributed by atoms with Gasteiger partial charge in [-0.25, -0.2) is 8.42 Å². The van der Waals surface area contributed by atoms with E-state index in [9.17, 15) is 13.2 Å². The van der Waals surface area contributed by atoms with Gasteiger partial charge in [0.2, 0.25) is 11.4 Å². The summed E-state index contributed by atoms with van der Waals surface area (Å²) in [5.41, 5.74) is -2.79. The first kappa shape index (κ1) is 20.3. The highest BCUT2D eigenvalue weighted by Crippen LogP contribution is 2.51. The lowest BCUT2D eigenvalue weighted by Gasteiger charge is -2.45. The van der Waals surface area contributed by atoms with Crippen LogP contribution in [0.1, 0.15) is 38.5 Å². The van der Waals surface area contributed by atoms with Crippen molar-refractivity contribution in [1.29, 1.82) is 0 Å². The van der Waals surface area contributed by atoms with Gasteiger partial charge in [-0.2, -0.15) is 13.2 Å². The molecule has 3 aliphatic rings. The molecule has 5 heterocycles. The second kappa shape index (κ2) is 7.09. The van der Waals surface area contributed by atoms with Crippen molar-refractivity contribution in [1.82, 2.24) is 0 Å². The topological polar surface area (TPSA) is 65.0 Å². The molecule has 2 saturated heterocycles. The first-order valence-electron chi connectivity index (χ1n) is 9.88. The number of aromatic nitrogens is 2. The van der Waals surface area contributed by atoms with E-state index in [1.54, 1.807) is 0 Å². The van der Waals surface area contributed by atoms with Crippen molar-refractivity contribution in [3.8, 4) is 11.4 Å². The molecule has 156 valence electrons. The number of nitrogens with zero attached hydrogens (tertiary/aromatic N) is 2. The minimum Gasteiger partial charge on any atom is -0.741 e. The van der Waals surface area contributed by atoms with Gasteiger partial charge in [-0.15, -0.1) is 0 Å². The summed E-state index contributed by atoms with van der Waals surface area (Å²) in [6.45, 7) is 0. The molecule has 0 amide bonds. The van der Waals surface area contributed by atoms with E-state index in [-0.39, 0.29) is 0 Å². The molecular weight excluding hydrogens is 404 g/mol. The fraction of sp³-hybridized carbons (Fsp3) is 0.474. The van der Waals surface area contributed by atoms with Crippen molar-refractivity contribution in [3.63, 3.8) is 0 Å². The average Bonchev–Trinajstić information content (AvgIpc) is 2.93. The largest absolute Gasteiger partial charge is 0.741 e. The highest BCUT2D eigenvalue weighted by molar-refractivity contribution is 7.86. The Bertz CT molecular complexity index is 960. The molecule has 3 aliphatic heterocycles. The Hall–Kier alpha value is -1.94. The average molecular weight is 426 g/mol. The molecule has 5 nitrogen and oxygen atoms in total. The van der Waals surface area contributed by atoms with Crippen molar-refractivity contribution < 1.29 is 35.1 Å². The molecule has 10 heteroatoms. The molecule has 2 aromatic rings. The lowest BCUT2D eigenvalue weighted by molar-refractivity contribution is -0.653. The lowest BCUT2D eigenvalue weighted by atomic mass is 9.24. The van der Waals surface area contributed by atoms with Crippen LogP contribution in [0.15, 0.2) is 48.8 Å². The van der Waals surface area contributed by atoms with Gasteiger partial charge in [0.25, 0.3) is 0 Å². The second-order valence-electron chi connectivity index (χ2n) is 8.17. The van der Waals surface area contributed by atoms with Gasteiger partial charge < -0.3 is 13.5 Å². The first-order valence-corrected chi connectivity index (χ1v) is 11.3. The second-order valence-corrected chi connectivity index (χ2v) is 9.54. The summed E-state index contributed by atoms with van der Waals surface area (Å²) in [5.74, 6) is 1.72. The third kappa shape index (κ3) is 3.16. The van der Waals surface area contributed by atoms with E-state index in [2.05, 4.69) is 57.7 Å². The van der Waals surface area contributed by atoms with E-state index >= 15 is 0 Å². The molecule has 1 spiro atoms. The fourth-order valence-electron chi connectivity index (χ4n) is 6.05. The van der Waals surface area contributed by atoms with Crippen LogP contribution in [0, 0.1) is 0 Å². The summed E-state index contributed by atoms with van der Waals surface area (Å²) < 4.78 is 64.3. The van der Waals surface area contributed by atoms with Crippen LogP contribution in [0.25, 0.3) is 11.4 Å². The van der Waals surface area contributed by atoms with Crippen molar-refractivity contribution in [2.45, 2.75) is 55.7 Å². The molecule has 0 saturated carbocycles. The normalized spacial score (nSPS) is 24.3. The van der Waals surface area contributed by atoms with Crippen LogP contribution in [0.4, 0.5) is 13.2 Å². The summed E-state index contributed by atoms with van der Waals surface area (Å²) in [6.07, 6.45) is 12.6. The summed E-state index contributed by atoms with van der Waals surface area (Å²) in [6, 6.07) is 13.5. The van der Waals surface area contributed by atoms with Crippen LogP contribution in [0.5, 0.6) is 0 Å². The maximum atomic E-state index is 10.7. The van der Waals surface area contributed by atoms with E-state index in [0.717, 1.165) is 11.6 Å². The van der Waals surface area contributed by atoms with Crippen LogP contribution in [-0.4, -0.2) is 24.9 Å². The van der Waals surface area contributed by atoms with E-state index in [0.29, 0.717) is 0 Å². The standard InChI is InChI=1S/C18H22BN2.CHF3O3S/c1-3-13-20-17(11-1)18-12-2-4-14-21(18)19(20)15-7-5-8-16(19)10-6-9-15;2-1(3,4)8(5,6)7/h1-4,11-16H,5-10H2;(H,5,6,7)/q+1;/p-1. The van der Waals surface area contributed by atoms with Gasteiger partial charge in [0.15, 0.2) is 10.1 Å². The highest BCUT2D eigenvalue weighted by Gasteiger charge is 2.68. The van der Waals surface area contributed by atoms with Gasteiger partial charge in [-0.1, -0.05) is 38.5 Å². The number of alkyl halides is 3. The smallest absolute Gasteiger partial charge is 0.553 e. The quantitative estimate of drug-likeness (QED) is 0.369. The third-order valence-electron chi connectivity index (χ3n) is 6.90. The van der Waals surface area contributed by atoms with Crippen molar-refractivity contribution >= 4 is 16.5 Å². The lowest BCUT2D eigenvalue weighted by Crippen LogP contribution is -2.83. The highest BCUT2D eigenvalue weighted by atomic mass is 32.2. The SMILES string of the molecule is O=S(=O)([O-])C(F)(F)F.c1cc[n+]2c(c1)-c1cccc[n+]1[B-]21C2CCCC1CCC2. The zero-order chi connectivity index (χ0) is 20.9.